The molecule has 1 aromatic carbocycles. The molecule has 0 radical (unpaired) electrons. The van der Waals surface area contributed by atoms with Crippen molar-refractivity contribution in [3.05, 3.63) is 29.6 Å². The highest BCUT2D eigenvalue weighted by atomic mass is 32.1. The lowest BCUT2D eigenvalue weighted by Crippen LogP contribution is -2.34. The van der Waals surface area contributed by atoms with Gasteiger partial charge in [-0.15, -0.1) is 0 Å². The minimum atomic E-state index is -0.261. The van der Waals surface area contributed by atoms with Crippen LogP contribution in [0.25, 0.3) is 0 Å². The summed E-state index contributed by atoms with van der Waals surface area (Å²) in [5.74, 6) is 2.68. The van der Waals surface area contributed by atoms with E-state index in [1.165, 1.54) is 12.8 Å². The second-order valence-corrected chi connectivity index (χ2v) is 9.25. The van der Waals surface area contributed by atoms with Crippen LogP contribution in [0.15, 0.2) is 18.2 Å². The Hall–Kier alpha value is -2.68. The van der Waals surface area contributed by atoms with Crippen molar-refractivity contribution >= 4 is 28.5 Å². The van der Waals surface area contributed by atoms with E-state index >= 15 is 0 Å². The van der Waals surface area contributed by atoms with E-state index in [-0.39, 0.29) is 30.2 Å². The molecule has 2 aliphatic rings. The molecule has 4 rings (SSSR count). The van der Waals surface area contributed by atoms with Crippen LogP contribution in [0.3, 0.4) is 0 Å². The lowest BCUT2D eigenvalue weighted by Gasteiger charge is -2.17. The number of nitrogens with zero attached hydrogens (tertiary/aromatic N) is 3. The van der Waals surface area contributed by atoms with E-state index < -0.39 is 0 Å². The number of likely N-dealkylation sites (tertiary alicyclic amines) is 1. The largest absolute Gasteiger partial charge is 0.493 e. The summed E-state index contributed by atoms with van der Waals surface area (Å²) in [5, 5.41) is 3.21. The van der Waals surface area contributed by atoms with Gasteiger partial charge in [-0.25, -0.2) is 4.98 Å². The predicted octanol–water partition coefficient (Wildman–Crippen LogP) is 3.41. The van der Waals surface area contributed by atoms with Gasteiger partial charge in [0.1, 0.15) is 5.82 Å². The summed E-state index contributed by atoms with van der Waals surface area (Å²) < 4.78 is 15.6. The Bertz CT molecular complexity index is 957. The van der Waals surface area contributed by atoms with Crippen LogP contribution in [0.5, 0.6) is 11.5 Å². The summed E-state index contributed by atoms with van der Waals surface area (Å²) in [6.45, 7) is 5.19. The molecule has 9 heteroatoms. The molecule has 1 aliphatic carbocycles. The highest BCUT2D eigenvalue weighted by molar-refractivity contribution is 7.09. The topological polar surface area (TPSA) is 93.7 Å². The summed E-state index contributed by atoms with van der Waals surface area (Å²) >= 11 is 1.16. The monoisotopic (exact) mass is 444 g/mol. The van der Waals surface area contributed by atoms with E-state index in [1.54, 1.807) is 12.0 Å². The molecule has 1 aliphatic heterocycles. The second kappa shape index (κ2) is 9.21. The molecule has 1 N–H and O–H groups in total. The molecule has 1 atom stereocenters. The molecule has 1 saturated heterocycles. The molecule has 0 spiro atoms. The normalized spacial score (nSPS) is 18.5. The first-order valence-corrected chi connectivity index (χ1v) is 11.4. The summed E-state index contributed by atoms with van der Waals surface area (Å²) in [6, 6.07) is 5.83. The van der Waals surface area contributed by atoms with Gasteiger partial charge in [-0.2, -0.15) is 4.37 Å². The third-order valence-electron chi connectivity index (χ3n) is 5.58. The first kappa shape index (κ1) is 21.5. The van der Waals surface area contributed by atoms with Gasteiger partial charge < -0.3 is 14.4 Å². The Balaban J connectivity index is 1.36. The van der Waals surface area contributed by atoms with Crippen molar-refractivity contribution in [2.75, 3.05) is 32.1 Å². The fourth-order valence-electron chi connectivity index (χ4n) is 3.55. The highest BCUT2D eigenvalue weighted by Gasteiger charge is 2.32. The third kappa shape index (κ3) is 5.33. The number of aromatic nitrogens is 2. The maximum atomic E-state index is 12.5. The Labute approximate surface area is 186 Å². The van der Waals surface area contributed by atoms with E-state index in [9.17, 15) is 9.59 Å². The molecule has 1 unspecified atom stereocenters. The Kier molecular flexibility index (Phi) is 6.41. The number of rotatable bonds is 9. The zero-order valence-corrected chi connectivity index (χ0v) is 18.9. The van der Waals surface area contributed by atoms with Crippen LogP contribution in [0, 0.1) is 5.92 Å². The number of nitrogens with one attached hydrogen (secondary N) is 1. The summed E-state index contributed by atoms with van der Waals surface area (Å²) in [4.78, 5) is 30.9. The number of amides is 2. The SMILES string of the molecule is COc1ccc(C2CC(=O)N(CC(=O)Nc3nc(C(C)C)ns3)C2)cc1OCC1CC1. The van der Waals surface area contributed by atoms with E-state index in [1.807, 2.05) is 32.0 Å². The number of methoxy groups -OCH3 is 1. The van der Waals surface area contributed by atoms with Gasteiger partial charge >= 0.3 is 0 Å². The molecule has 2 aromatic rings. The molecular formula is C22H28N4O4S. The van der Waals surface area contributed by atoms with E-state index in [0.29, 0.717) is 47.9 Å². The Morgan fingerprint density at radius 2 is 2.13 bits per heavy atom. The summed E-state index contributed by atoms with van der Waals surface area (Å²) in [6.07, 6.45) is 2.80. The van der Waals surface area contributed by atoms with Crippen LogP contribution in [-0.4, -0.2) is 52.9 Å². The van der Waals surface area contributed by atoms with E-state index in [2.05, 4.69) is 14.7 Å². The van der Waals surface area contributed by atoms with Gasteiger partial charge in [0.25, 0.3) is 0 Å². The molecule has 8 nitrogen and oxygen atoms in total. The quantitative estimate of drug-likeness (QED) is 0.637. The fourth-order valence-corrected chi connectivity index (χ4v) is 4.28. The fraction of sp³-hybridized carbons (Fsp3) is 0.545. The predicted molar refractivity (Wildman–Crippen MR) is 118 cm³/mol. The highest BCUT2D eigenvalue weighted by Crippen LogP contribution is 2.37. The van der Waals surface area contributed by atoms with Gasteiger partial charge in [-0.05, 0) is 36.5 Å². The van der Waals surface area contributed by atoms with Crippen LogP contribution >= 0.6 is 11.5 Å². The molecule has 2 heterocycles. The first-order chi connectivity index (χ1) is 14.9. The zero-order valence-electron chi connectivity index (χ0n) is 18.1. The van der Waals surface area contributed by atoms with Crippen molar-refractivity contribution in [3.8, 4) is 11.5 Å². The summed E-state index contributed by atoms with van der Waals surface area (Å²) in [5.41, 5.74) is 1.02. The third-order valence-corrected chi connectivity index (χ3v) is 6.23. The first-order valence-electron chi connectivity index (χ1n) is 10.6. The molecule has 166 valence electrons. The minimum Gasteiger partial charge on any atom is -0.493 e. The van der Waals surface area contributed by atoms with Crippen LogP contribution in [0.1, 0.15) is 56.3 Å². The molecule has 1 aromatic heterocycles. The molecule has 0 bridgehead atoms. The zero-order chi connectivity index (χ0) is 22.0. The second-order valence-electron chi connectivity index (χ2n) is 8.50. The maximum Gasteiger partial charge on any atom is 0.245 e. The van der Waals surface area contributed by atoms with Crippen LogP contribution in [0.2, 0.25) is 0 Å². The average Bonchev–Trinajstić information content (AvgIpc) is 3.34. The Morgan fingerprint density at radius 3 is 2.81 bits per heavy atom. The number of anilines is 1. The smallest absolute Gasteiger partial charge is 0.245 e. The average molecular weight is 445 g/mol. The lowest BCUT2D eigenvalue weighted by molar-refractivity contribution is -0.131. The van der Waals surface area contributed by atoms with Crippen LogP contribution < -0.4 is 14.8 Å². The molecular weight excluding hydrogens is 416 g/mol. The van der Waals surface area contributed by atoms with Gasteiger partial charge in [-0.1, -0.05) is 19.9 Å². The molecule has 2 fully saturated rings. The van der Waals surface area contributed by atoms with Gasteiger partial charge in [0.05, 0.1) is 20.3 Å². The van der Waals surface area contributed by atoms with Crippen molar-refractivity contribution in [1.29, 1.82) is 0 Å². The van der Waals surface area contributed by atoms with Crippen molar-refractivity contribution in [2.45, 2.75) is 44.9 Å². The van der Waals surface area contributed by atoms with Gasteiger partial charge in [0.2, 0.25) is 16.9 Å². The van der Waals surface area contributed by atoms with Crippen molar-refractivity contribution in [1.82, 2.24) is 14.3 Å². The minimum absolute atomic E-state index is 0.00706. The van der Waals surface area contributed by atoms with Gasteiger partial charge in [-0.3, -0.25) is 14.9 Å². The lowest BCUT2D eigenvalue weighted by atomic mass is 9.98. The van der Waals surface area contributed by atoms with Gasteiger partial charge in [0.15, 0.2) is 11.5 Å². The number of carbonyl (C=O) groups excluding carboxylic acids is 2. The number of carbonyl (C=O) groups is 2. The molecule has 1 saturated carbocycles. The van der Waals surface area contributed by atoms with Crippen LogP contribution in [0.4, 0.5) is 5.13 Å². The maximum absolute atomic E-state index is 12.5. The Morgan fingerprint density at radius 1 is 1.32 bits per heavy atom. The van der Waals surface area contributed by atoms with Crippen molar-refractivity contribution in [2.24, 2.45) is 5.92 Å². The summed E-state index contributed by atoms with van der Waals surface area (Å²) in [7, 11) is 1.63. The van der Waals surface area contributed by atoms with Crippen molar-refractivity contribution in [3.63, 3.8) is 0 Å². The van der Waals surface area contributed by atoms with E-state index in [4.69, 9.17) is 9.47 Å². The van der Waals surface area contributed by atoms with Crippen LogP contribution in [-0.2, 0) is 9.59 Å². The van der Waals surface area contributed by atoms with Gasteiger partial charge in [0, 0.05) is 36.3 Å². The molecule has 31 heavy (non-hydrogen) atoms. The number of benzene rings is 1. The number of hydrogen-bond acceptors (Lipinski definition) is 7. The van der Waals surface area contributed by atoms with E-state index in [0.717, 1.165) is 17.1 Å². The van der Waals surface area contributed by atoms with Crippen molar-refractivity contribution < 1.29 is 19.1 Å². The molecule has 2 amide bonds. The number of ether oxygens (including phenoxy) is 2. The number of hydrogen-bond donors (Lipinski definition) is 1. The standard InChI is InChI=1S/C22H28N4O4S/c1-13(2)21-24-22(31-25-21)23-19(27)11-26-10-16(9-20(26)28)15-6-7-17(29-3)18(8-15)30-12-14-4-5-14/h6-8,13-14,16H,4-5,9-12H2,1-3H3,(H,23,24,25,27).